The van der Waals surface area contributed by atoms with Gasteiger partial charge in [0.2, 0.25) is 5.91 Å². The number of hydrogen-bond donors (Lipinski definition) is 2. The molecule has 4 rings (SSSR count). The number of nitrogens with one attached hydrogen (secondary N) is 2. The maximum absolute atomic E-state index is 12.7. The van der Waals surface area contributed by atoms with Crippen molar-refractivity contribution in [3.8, 4) is 0 Å². The van der Waals surface area contributed by atoms with E-state index >= 15 is 0 Å². The Morgan fingerprint density at radius 3 is 3.00 bits per heavy atom. The van der Waals surface area contributed by atoms with Gasteiger partial charge in [-0.15, -0.1) is 0 Å². The van der Waals surface area contributed by atoms with Crippen molar-refractivity contribution in [2.75, 3.05) is 5.32 Å². The fourth-order valence-corrected chi connectivity index (χ4v) is 4.16. The largest absolute Gasteiger partial charge is 0.324 e. The van der Waals surface area contributed by atoms with Crippen molar-refractivity contribution in [2.45, 2.75) is 51.1 Å². The van der Waals surface area contributed by atoms with Crippen LogP contribution < -0.4 is 10.6 Å². The topological polar surface area (TPSA) is 54.0 Å². The number of amides is 1. The number of aromatic nitrogens is 1. The molecular formula is C19H23N3O. The SMILES string of the molecule is Cc1ccc(NC(=O)C2CC3CCCCC3N2)c2cccnc12. The average Bonchev–Trinajstić information content (AvgIpc) is 3.02. The quantitative estimate of drug-likeness (QED) is 0.894. The summed E-state index contributed by atoms with van der Waals surface area (Å²) < 4.78 is 0. The highest BCUT2D eigenvalue weighted by Crippen LogP contribution is 2.34. The zero-order valence-corrected chi connectivity index (χ0v) is 13.5. The molecule has 1 aromatic carbocycles. The molecule has 1 aliphatic carbocycles. The number of aryl methyl sites for hydroxylation is 1. The van der Waals surface area contributed by atoms with Crippen LogP contribution in [0.1, 0.15) is 37.7 Å². The Labute approximate surface area is 136 Å². The molecule has 3 atom stereocenters. The van der Waals surface area contributed by atoms with Crippen LogP contribution in [0.2, 0.25) is 0 Å². The highest BCUT2D eigenvalue weighted by Gasteiger charge is 2.38. The first-order valence-corrected chi connectivity index (χ1v) is 8.63. The molecule has 0 bridgehead atoms. The second-order valence-corrected chi connectivity index (χ2v) is 6.92. The molecule has 0 radical (unpaired) electrons. The van der Waals surface area contributed by atoms with Gasteiger partial charge in [0.05, 0.1) is 17.2 Å². The lowest BCUT2D eigenvalue weighted by Gasteiger charge is -2.24. The minimum atomic E-state index is -0.0591. The molecule has 4 heteroatoms. The highest BCUT2D eigenvalue weighted by molar-refractivity contribution is 6.03. The van der Waals surface area contributed by atoms with Gasteiger partial charge in [-0.1, -0.05) is 18.9 Å². The van der Waals surface area contributed by atoms with Crippen LogP contribution in [-0.4, -0.2) is 23.0 Å². The first-order chi connectivity index (χ1) is 11.2. The Morgan fingerprint density at radius 2 is 2.13 bits per heavy atom. The molecule has 0 spiro atoms. The second-order valence-electron chi connectivity index (χ2n) is 6.92. The van der Waals surface area contributed by atoms with Crippen molar-refractivity contribution < 1.29 is 4.79 Å². The van der Waals surface area contributed by atoms with Gasteiger partial charge in [0.15, 0.2) is 0 Å². The van der Waals surface area contributed by atoms with E-state index in [1.54, 1.807) is 6.20 Å². The van der Waals surface area contributed by atoms with Gasteiger partial charge in [-0.05, 0) is 55.9 Å². The van der Waals surface area contributed by atoms with E-state index in [1.165, 1.54) is 25.7 Å². The third-order valence-electron chi connectivity index (χ3n) is 5.41. The fourth-order valence-electron chi connectivity index (χ4n) is 4.16. The standard InChI is InChI=1S/C19H23N3O/c1-12-8-9-16(14-6-4-10-20-18(12)14)22-19(23)17-11-13-5-2-3-7-15(13)21-17/h4,6,8-10,13,15,17,21H,2-3,5,7,11H2,1H3,(H,22,23). The van der Waals surface area contributed by atoms with Gasteiger partial charge < -0.3 is 10.6 Å². The fraction of sp³-hybridized carbons (Fsp3) is 0.474. The van der Waals surface area contributed by atoms with Crippen LogP contribution in [0.15, 0.2) is 30.5 Å². The van der Waals surface area contributed by atoms with Crippen LogP contribution in [0.5, 0.6) is 0 Å². The van der Waals surface area contributed by atoms with E-state index in [0.717, 1.165) is 28.6 Å². The van der Waals surface area contributed by atoms with Gasteiger partial charge in [-0.3, -0.25) is 9.78 Å². The van der Waals surface area contributed by atoms with Gasteiger partial charge in [0, 0.05) is 17.6 Å². The zero-order valence-electron chi connectivity index (χ0n) is 13.5. The van der Waals surface area contributed by atoms with Gasteiger partial charge >= 0.3 is 0 Å². The number of carbonyl (C=O) groups is 1. The van der Waals surface area contributed by atoms with Crippen molar-refractivity contribution in [3.05, 3.63) is 36.0 Å². The molecule has 23 heavy (non-hydrogen) atoms. The molecule has 2 N–H and O–H groups in total. The Kier molecular flexibility index (Phi) is 3.77. The predicted molar refractivity (Wildman–Crippen MR) is 92.4 cm³/mol. The second kappa shape index (κ2) is 5.93. The van der Waals surface area contributed by atoms with Crippen molar-refractivity contribution >= 4 is 22.5 Å². The number of hydrogen-bond acceptors (Lipinski definition) is 3. The average molecular weight is 309 g/mol. The van der Waals surface area contributed by atoms with Crippen LogP contribution >= 0.6 is 0 Å². The molecule has 2 heterocycles. The summed E-state index contributed by atoms with van der Waals surface area (Å²) in [5, 5.41) is 7.68. The van der Waals surface area contributed by atoms with Crippen LogP contribution in [-0.2, 0) is 4.79 Å². The molecule has 1 aromatic heterocycles. The van der Waals surface area contributed by atoms with E-state index < -0.39 is 0 Å². The molecule has 2 aliphatic rings. The van der Waals surface area contributed by atoms with Crippen molar-refractivity contribution in [1.29, 1.82) is 0 Å². The highest BCUT2D eigenvalue weighted by atomic mass is 16.2. The van der Waals surface area contributed by atoms with Crippen molar-refractivity contribution in [2.24, 2.45) is 5.92 Å². The Bertz CT molecular complexity index is 728. The van der Waals surface area contributed by atoms with Crippen molar-refractivity contribution in [3.63, 3.8) is 0 Å². The summed E-state index contributed by atoms with van der Waals surface area (Å²) in [6.07, 6.45) is 7.84. The lowest BCUT2D eigenvalue weighted by molar-refractivity contribution is -0.117. The third-order valence-corrected chi connectivity index (χ3v) is 5.41. The summed E-state index contributed by atoms with van der Waals surface area (Å²) in [4.78, 5) is 17.1. The van der Waals surface area contributed by atoms with E-state index in [-0.39, 0.29) is 11.9 Å². The molecule has 120 valence electrons. The summed E-state index contributed by atoms with van der Waals surface area (Å²) in [7, 11) is 0. The van der Waals surface area contributed by atoms with Gasteiger partial charge in [0.1, 0.15) is 0 Å². The molecule has 2 fully saturated rings. The van der Waals surface area contributed by atoms with Crippen LogP contribution in [0.3, 0.4) is 0 Å². The molecule has 1 amide bonds. The van der Waals surface area contributed by atoms with Gasteiger partial charge in [-0.25, -0.2) is 0 Å². The van der Waals surface area contributed by atoms with Crippen molar-refractivity contribution in [1.82, 2.24) is 10.3 Å². The Morgan fingerprint density at radius 1 is 1.26 bits per heavy atom. The summed E-state index contributed by atoms with van der Waals surface area (Å²) in [5.74, 6) is 0.768. The van der Waals surface area contributed by atoms with E-state index in [9.17, 15) is 4.79 Å². The maximum atomic E-state index is 12.7. The lowest BCUT2D eigenvalue weighted by Crippen LogP contribution is -2.39. The minimum Gasteiger partial charge on any atom is -0.324 e. The maximum Gasteiger partial charge on any atom is 0.241 e. The molecule has 4 nitrogen and oxygen atoms in total. The first-order valence-electron chi connectivity index (χ1n) is 8.63. The van der Waals surface area contributed by atoms with E-state index in [2.05, 4.69) is 15.6 Å². The number of pyridine rings is 1. The number of benzene rings is 1. The first kappa shape index (κ1) is 14.6. The summed E-state index contributed by atoms with van der Waals surface area (Å²) in [6, 6.07) is 8.42. The number of rotatable bonds is 2. The monoisotopic (exact) mass is 309 g/mol. The van der Waals surface area contributed by atoms with Crippen LogP contribution in [0, 0.1) is 12.8 Å². The summed E-state index contributed by atoms with van der Waals surface area (Å²) >= 11 is 0. The Hall–Kier alpha value is -1.94. The number of fused-ring (bicyclic) bond motifs is 2. The van der Waals surface area contributed by atoms with E-state index in [4.69, 9.17) is 0 Å². The smallest absolute Gasteiger partial charge is 0.241 e. The summed E-state index contributed by atoms with van der Waals surface area (Å²) in [6.45, 7) is 2.05. The molecule has 2 aromatic rings. The number of anilines is 1. The van der Waals surface area contributed by atoms with Gasteiger partial charge in [0.25, 0.3) is 0 Å². The molecule has 3 unspecified atom stereocenters. The lowest BCUT2D eigenvalue weighted by atomic mass is 9.85. The van der Waals surface area contributed by atoms with E-state index in [0.29, 0.717) is 12.0 Å². The minimum absolute atomic E-state index is 0.0591. The third kappa shape index (κ3) is 2.72. The predicted octanol–water partition coefficient (Wildman–Crippen LogP) is 3.40. The zero-order chi connectivity index (χ0) is 15.8. The Balaban J connectivity index is 1.54. The molecular weight excluding hydrogens is 286 g/mol. The normalized spacial score (nSPS) is 26.9. The van der Waals surface area contributed by atoms with Crippen LogP contribution in [0.25, 0.3) is 10.9 Å². The molecule has 1 saturated heterocycles. The van der Waals surface area contributed by atoms with Gasteiger partial charge in [-0.2, -0.15) is 0 Å². The molecule has 1 aliphatic heterocycles. The number of carbonyl (C=O) groups excluding carboxylic acids is 1. The number of nitrogens with zero attached hydrogens (tertiary/aromatic N) is 1. The van der Waals surface area contributed by atoms with Crippen LogP contribution in [0.4, 0.5) is 5.69 Å². The molecule has 1 saturated carbocycles. The summed E-state index contributed by atoms with van der Waals surface area (Å²) in [5.41, 5.74) is 2.95. The van der Waals surface area contributed by atoms with E-state index in [1.807, 2.05) is 31.2 Å².